The number of hydrogen-bond donors (Lipinski definition) is 2. The molecule has 170 valence electrons. The summed E-state index contributed by atoms with van der Waals surface area (Å²) in [4.78, 5) is 14.9. The van der Waals surface area contributed by atoms with Crippen LogP contribution >= 0.6 is 0 Å². The van der Waals surface area contributed by atoms with E-state index < -0.39 is 12.2 Å². The summed E-state index contributed by atoms with van der Waals surface area (Å²) < 4.78 is 36.6. The van der Waals surface area contributed by atoms with Crippen LogP contribution in [0.1, 0.15) is 23.6 Å². The van der Waals surface area contributed by atoms with Crippen molar-refractivity contribution >= 4 is 17.3 Å². The number of benzene rings is 2. The third-order valence-corrected chi connectivity index (χ3v) is 4.63. The van der Waals surface area contributed by atoms with Gasteiger partial charge in [0, 0.05) is 18.6 Å². The molecular formula is C24H27F2N3O3. The number of alkyl halides is 2. The Balaban J connectivity index is 1.75. The predicted molar refractivity (Wildman–Crippen MR) is 121 cm³/mol. The quantitative estimate of drug-likeness (QED) is 0.684. The Morgan fingerprint density at radius 2 is 2.06 bits per heavy atom. The van der Waals surface area contributed by atoms with Crippen molar-refractivity contribution in [2.45, 2.75) is 33.0 Å². The first kappa shape index (κ1) is 23.4. The molecule has 0 saturated heterocycles. The van der Waals surface area contributed by atoms with Gasteiger partial charge in [-0.1, -0.05) is 17.9 Å². The van der Waals surface area contributed by atoms with E-state index in [9.17, 15) is 13.6 Å². The number of aryl methyl sites for hydroxylation is 2. The molecule has 1 aliphatic heterocycles. The van der Waals surface area contributed by atoms with Gasteiger partial charge in [-0.05, 0) is 57.3 Å². The summed E-state index contributed by atoms with van der Waals surface area (Å²) in [5, 5.41) is 5.99. The maximum atomic E-state index is 13.1. The van der Waals surface area contributed by atoms with Gasteiger partial charge in [0.1, 0.15) is 11.5 Å². The van der Waals surface area contributed by atoms with Crippen LogP contribution in [0.3, 0.4) is 0 Å². The SMILES string of the molecule is Cc1cc(C)c(NC(=O)C2CNc3cc(OC(C)(F)F)ccc3O2)c(C#CCN(C)C)c1. The Morgan fingerprint density at radius 1 is 1.31 bits per heavy atom. The minimum absolute atomic E-state index is 0.00599. The summed E-state index contributed by atoms with van der Waals surface area (Å²) in [5.41, 5.74) is 3.82. The molecule has 8 heteroatoms. The van der Waals surface area contributed by atoms with Gasteiger partial charge in [-0.3, -0.25) is 9.69 Å². The molecule has 2 aromatic carbocycles. The van der Waals surface area contributed by atoms with Gasteiger partial charge in [-0.15, -0.1) is 0 Å². The van der Waals surface area contributed by atoms with Gasteiger partial charge in [0.25, 0.3) is 5.91 Å². The number of rotatable bonds is 5. The molecule has 1 unspecified atom stereocenters. The second-order valence-electron chi connectivity index (χ2n) is 8.09. The van der Waals surface area contributed by atoms with E-state index >= 15 is 0 Å². The number of amides is 1. The lowest BCUT2D eigenvalue weighted by atomic mass is 10.0. The smallest absolute Gasteiger partial charge is 0.394 e. The van der Waals surface area contributed by atoms with Crippen molar-refractivity contribution < 1.29 is 23.0 Å². The number of halogens is 2. The van der Waals surface area contributed by atoms with Crippen molar-refractivity contribution in [2.75, 3.05) is 37.8 Å². The minimum atomic E-state index is -3.29. The third kappa shape index (κ3) is 6.11. The number of nitrogens with zero attached hydrogens (tertiary/aromatic N) is 1. The monoisotopic (exact) mass is 443 g/mol. The molecule has 0 spiro atoms. The van der Waals surface area contributed by atoms with Gasteiger partial charge in [0.15, 0.2) is 6.10 Å². The summed E-state index contributed by atoms with van der Waals surface area (Å²) in [7, 11) is 3.87. The van der Waals surface area contributed by atoms with Crippen LogP contribution < -0.4 is 20.1 Å². The summed E-state index contributed by atoms with van der Waals surface area (Å²) in [6, 6.07) is 8.21. The average Bonchev–Trinajstić information content (AvgIpc) is 2.68. The number of carbonyl (C=O) groups excluding carboxylic acids is 1. The van der Waals surface area contributed by atoms with E-state index in [0.29, 0.717) is 30.6 Å². The molecule has 2 aromatic rings. The molecular weight excluding hydrogens is 416 g/mol. The first-order valence-electron chi connectivity index (χ1n) is 10.2. The fraction of sp³-hybridized carbons (Fsp3) is 0.375. The summed E-state index contributed by atoms with van der Waals surface area (Å²) in [6.07, 6.45) is -4.09. The van der Waals surface area contributed by atoms with Crippen LogP contribution in [0.15, 0.2) is 30.3 Å². The second-order valence-corrected chi connectivity index (χ2v) is 8.09. The topological polar surface area (TPSA) is 62.8 Å². The number of fused-ring (bicyclic) bond motifs is 1. The molecule has 0 aromatic heterocycles. The van der Waals surface area contributed by atoms with Gasteiger partial charge in [0.2, 0.25) is 0 Å². The zero-order valence-electron chi connectivity index (χ0n) is 18.8. The fourth-order valence-electron chi connectivity index (χ4n) is 3.29. The number of hydrogen-bond acceptors (Lipinski definition) is 5. The van der Waals surface area contributed by atoms with Crippen molar-refractivity contribution in [1.29, 1.82) is 0 Å². The molecule has 0 aliphatic carbocycles. The predicted octanol–water partition coefficient (Wildman–Crippen LogP) is 4.02. The van der Waals surface area contributed by atoms with Gasteiger partial charge < -0.3 is 20.1 Å². The first-order valence-corrected chi connectivity index (χ1v) is 10.2. The standard InChI is InChI=1S/C24H27F2N3O3/c1-15-11-16(2)22(17(12-15)7-6-10-29(4)5)28-23(30)21-14-27-19-13-18(32-24(3,25)26)8-9-20(19)31-21/h8-9,11-13,21,27H,10,14H2,1-5H3,(H,28,30). The second kappa shape index (κ2) is 9.45. The van der Waals surface area contributed by atoms with Crippen LogP contribution in [-0.2, 0) is 4.79 Å². The molecule has 1 aliphatic rings. The van der Waals surface area contributed by atoms with Crippen LogP contribution in [0.4, 0.5) is 20.2 Å². The highest BCUT2D eigenvalue weighted by Crippen LogP contribution is 2.34. The molecule has 6 nitrogen and oxygen atoms in total. The number of nitrogens with one attached hydrogen (secondary N) is 2. The molecule has 1 amide bonds. The zero-order chi connectivity index (χ0) is 23.5. The van der Waals surface area contributed by atoms with Crippen LogP contribution in [0, 0.1) is 25.7 Å². The Labute approximate surface area is 186 Å². The molecule has 32 heavy (non-hydrogen) atoms. The highest BCUT2D eigenvalue weighted by Gasteiger charge is 2.28. The lowest BCUT2D eigenvalue weighted by Gasteiger charge is -2.27. The van der Waals surface area contributed by atoms with Gasteiger partial charge in [-0.2, -0.15) is 8.78 Å². The van der Waals surface area contributed by atoms with E-state index in [0.717, 1.165) is 16.7 Å². The van der Waals surface area contributed by atoms with Crippen molar-refractivity contribution in [3.05, 3.63) is 47.0 Å². The highest BCUT2D eigenvalue weighted by molar-refractivity contribution is 5.97. The van der Waals surface area contributed by atoms with Crippen LogP contribution in [0.5, 0.6) is 11.5 Å². The van der Waals surface area contributed by atoms with Crippen LogP contribution in [0.2, 0.25) is 0 Å². The van der Waals surface area contributed by atoms with E-state index in [4.69, 9.17) is 4.74 Å². The summed E-state index contributed by atoms with van der Waals surface area (Å²) in [6.45, 7) is 5.34. The molecule has 0 saturated carbocycles. The Bertz CT molecular complexity index is 1070. The van der Waals surface area contributed by atoms with Crippen LogP contribution in [-0.4, -0.2) is 50.2 Å². The van der Waals surface area contributed by atoms with Gasteiger partial charge in [0.05, 0.1) is 24.5 Å². The first-order chi connectivity index (χ1) is 15.0. The van der Waals surface area contributed by atoms with E-state index in [1.807, 2.05) is 45.0 Å². The van der Waals surface area contributed by atoms with E-state index in [1.54, 1.807) is 0 Å². The zero-order valence-corrected chi connectivity index (χ0v) is 18.8. The Kier molecular flexibility index (Phi) is 6.90. The largest absolute Gasteiger partial charge is 0.477 e. The van der Waals surface area contributed by atoms with E-state index in [2.05, 4.69) is 27.2 Å². The summed E-state index contributed by atoms with van der Waals surface area (Å²) in [5.74, 6) is 6.30. The molecule has 0 bridgehead atoms. The average molecular weight is 443 g/mol. The van der Waals surface area contributed by atoms with Crippen LogP contribution in [0.25, 0.3) is 0 Å². The lowest BCUT2D eigenvalue weighted by Crippen LogP contribution is -2.41. The van der Waals surface area contributed by atoms with Gasteiger partial charge in [-0.25, -0.2) is 0 Å². The molecule has 0 fully saturated rings. The minimum Gasteiger partial charge on any atom is -0.477 e. The van der Waals surface area contributed by atoms with E-state index in [1.165, 1.54) is 18.2 Å². The van der Waals surface area contributed by atoms with E-state index in [-0.39, 0.29) is 18.2 Å². The maximum absolute atomic E-state index is 13.1. The fourth-order valence-corrected chi connectivity index (χ4v) is 3.29. The Morgan fingerprint density at radius 3 is 2.75 bits per heavy atom. The van der Waals surface area contributed by atoms with Crippen molar-refractivity contribution in [2.24, 2.45) is 0 Å². The van der Waals surface area contributed by atoms with Crippen molar-refractivity contribution in [3.63, 3.8) is 0 Å². The number of anilines is 2. The molecule has 2 N–H and O–H groups in total. The lowest BCUT2D eigenvalue weighted by molar-refractivity contribution is -0.158. The normalized spacial score (nSPS) is 15.1. The third-order valence-electron chi connectivity index (χ3n) is 4.63. The highest BCUT2D eigenvalue weighted by atomic mass is 19.3. The molecule has 3 rings (SSSR count). The van der Waals surface area contributed by atoms with Crippen molar-refractivity contribution in [3.8, 4) is 23.3 Å². The number of ether oxygens (including phenoxy) is 2. The van der Waals surface area contributed by atoms with Gasteiger partial charge >= 0.3 is 6.11 Å². The maximum Gasteiger partial charge on any atom is 0.394 e. The Hall–Kier alpha value is -3.31. The molecule has 0 radical (unpaired) electrons. The molecule has 1 atom stereocenters. The van der Waals surface area contributed by atoms with Crippen molar-refractivity contribution in [1.82, 2.24) is 4.90 Å². The molecule has 1 heterocycles. The summed E-state index contributed by atoms with van der Waals surface area (Å²) >= 11 is 0. The number of carbonyl (C=O) groups is 1.